The molecule has 0 radical (unpaired) electrons. The Labute approximate surface area is 91.6 Å². The molecular weight excluding hydrogens is 223 g/mol. The van der Waals surface area contributed by atoms with Crippen molar-refractivity contribution in [3.8, 4) is 0 Å². The molecule has 1 N–H and O–H groups in total. The summed E-state index contributed by atoms with van der Waals surface area (Å²) in [5.41, 5.74) is -1.03. The molecule has 1 atom stereocenters. The topological polar surface area (TPSA) is 38.3 Å². The van der Waals surface area contributed by atoms with Gasteiger partial charge >= 0.3 is 12.1 Å². The van der Waals surface area contributed by atoms with E-state index in [1.54, 1.807) is 0 Å². The highest BCUT2D eigenvalue weighted by atomic mass is 19.4. The minimum atomic E-state index is -4.54. The fourth-order valence-electron chi connectivity index (χ4n) is 1.51. The lowest BCUT2D eigenvalue weighted by Gasteiger charge is -2.21. The summed E-state index contributed by atoms with van der Waals surface area (Å²) in [6.45, 7) is 3.75. The Bertz CT molecular complexity index is 297. The van der Waals surface area contributed by atoms with Crippen LogP contribution in [0.2, 0.25) is 0 Å². The van der Waals surface area contributed by atoms with Gasteiger partial charge in [0.05, 0.1) is 12.1 Å². The van der Waals surface area contributed by atoms with Crippen molar-refractivity contribution in [1.82, 2.24) is 5.32 Å². The van der Waals surface area contributed by atoms with Crippen LogP contribution in [0.3, 0.4) is 0 Å². The first-order valence-corrected chi connectivity index (χ1v) is 5.01. The Morgan fingerprint density at radius 3 is 2.69 bits per heavy atom. The summed E-state index contributed by atoms with van der Waals surface area (Å²) in [5, 5.41) is 2.31. The number of carbonyl (C=O) groups excluding carboxylic acids is 1. The molecule has 0 unspecified atom stereocenters. The first kappa shape index (κ1) is 12.9. The largest absolute Gasteiger partial charge is 0.460 e. The molecule has 0 aromatic rings. The van der Waals surface area contributed by atoms with Crippen molar-refractivity contribution >= 4 is 5.97 Å². The molecule has 0 amide bonds. The van der Waals surface area contributed by atoms with E-state index in [4.69, 9.17) is 0 Å². The van der Waals surface area contributed by atoms with Crippen molar-refractivity contribution in [1.29, 1.82) is 0 Å². The van der Waals surface area contributed by atoms with Gasteiger partial charge in [0.2, 0.25) is 0 Å². The van der Waals surface area contributed by atoms with Gasteiger partial charge in [-0.05, 0) is 12.3 Å². The maximum atomic E-state index is 12.5. The van der Waals surface area contributed by atoms with Crippen molar-refractivity contribution in [2.24, 2.45) is 5.92 Å². The standard InChI is InChI=1S/C10H14F3NO2/c1-6(2)3-7-5-16-9(15)4-8(14-7)10(11,12)13/h4,6-7,14H,3,5H2,1-2H3/t7-/m0/s1. The number of esters is 1. The highest BCUT2D eigenvalue weighted by molar-refractivity contribution is 5.83. The summed E-state index contributed by atoms with van der Waals surface area (Å²) in [7, 11) is 0. The molecule has 6 heteroatoms. The van der Waals surface area contributed by atoms with E-state index in [9.17, 15) is 18.0 Å². The van der Waals surface area contributed by atoms with Crippen molar-refractivity contribution in [3.63, 3.8) is 0 Å². The summed E-state index contributed by atoms with van der Waals surface area (Å²) < 4.78 is 42.1. The number of hydrogen-bond acceptors (Lipinski definition) is 3. The summed E-state index contributed by atoms with van der Waals surface area (Å²) in [5.74, 6) is -0.727. The van der Waals surface area contributed by atoms with Crippen molar-refractivity contribution in [2.75, 3.05) is 6.61 Å². The van der Waals surface area contributed by atoms with E-state index in [0.717, 1.165) is 0 Å². The van der Waals surface area contributed by atoms with Gasteiger partial charge in [0, 0.05) is 0 Å². The van der Waals surface area contributed by atoms with Crippen LogP contribution in [0.25, 0.3) is 0 Å². The molecule has 0 spiro atoms. The molecule has 1 aliphatic heterocycles. The van der Waals surface area contributed by atoms with E-state index in [2.05, 4.69) is 10.1 Å². The van der Waals surface area contributed by atoms with Crippen LogP contribution in [-0.2, 0) is 9.53 Å². The number of allylic oxidation sites excluding steroid dienone is 1. The highest BCUT2D eigenvalue weighted by Gasteiger charge is 2.37. The van der Waals surface area contributed by atoms with Crippen molar-refractivity contribution in [2.45, 2.75) is 32.5 Å². The molecule has 1 aliphatic rings. The van der Waals surface area contributed by atoms with Gasteiger partial charge in [-0.25, -0.2) is 4.79 Å². The number of alkyl halides is 3. The molecule has 0 aliphatic carbocycles. The highest BCUT2D eigenvalue weighted by Crippen LogP contribution is 2.25. The number of ether oxygens (including phenoxy) is 1. The molecule has 3 nitrogen and oxygen atoms in total. The maximum absolute atomic E-state index is 12.5. The molecule has 1 heterocycles. The van der Waals surface area contributed by atoms with Crippen molar-refractivity contribution in [3.05, 3.63) is 11.8 Å². The first-order valence-electron chi connectivity index (χ1n) is 5.01. The minimum Gasteiger partial charge on any atom is -0.460 e. The lowest BCUT2D eigenvalue weighted by molar-refractivity contribution is -0.138. The first-order chi connectivity index (χ1) is 7.29. The number of nitrogens with one attached hydrogen (secondary N) is 1. The second kappa shape index (κ2) is 4.76. The second-order valence-corrected chi connectivity index (χ2v) is 4.16. The molecule has 0 bridgehead atoms. The zero-order valence-electron chi connectivity index (χ0n) is 9.10. The van der Waals surface area contributed by atoms with Gasteiger partial charge in [-0.15, -0.1) is 0 Å². The SMILES string of the molecule is CC(C)C[C@H]1COC(=O)C=C(C(F)(F)F)N1. The summed E-state index contributed by atoms with van der Waals surface area (Å²) in [6.07, 6.45) is -3.57. The lowest BCUT2D eigenvalue weighted by atomic mass is 10.0. The Hall–Kier alpha value is -1.20. The Kier molecular flexibility index (Phi) is 3.83. The predicted octanol–water partition coefficient (Wildman–Crippen LogP) is 1.99. The average molecular weight is 237 g/mol. The average Bonchev–Trinajstić information content (AvgIpc) is 2.26. The van der Waals surface area contributed by atoms with Gasteiger partial charge in [0.15, 0.2) is 0 Å². The van der Waals surface area contributed by atoms with Crippen LogP contribution in [0.5, 0.6) is 0 Å². The second-order valence-electron chi connectivity index (χ2n) is 4.16. The number of cyclic esters (lactones) is 1. The third kappa shape index (κ3) is 3.75. The van der Waals surface area contributed by atoms with Gasteiger partial charge < -0.3 is 10.1 Å². The zero-order valence-corrected chi connectivity index (χ0v) is 9.10. The molecule has 0 fully saturated rings. The fraction of sp³-hybridized carbons (Fsp3) is 0.700. The van der Waals surface area contributed by atoms with E-state index in [0.29, 0.717) is 12.5 Å². The van der Waals surface area contributed by atoms with Crippen LogP contribution in [0, 0.1) is 5.92 Å². The molecular formula is C10H14F3NO2. The third-order valence-electron chi connectivity index (χ3n) is 2.11. The lowest BCUT2D eigenvalue weighted by Crippen LogP contribution is -2.37. The van der Waals surface area contributed by atoms with Crippen LogP contribution >= 0.6 is 0 Å². The monoisotopic (exact) mass is 237 g/mol. The summed E-state index contributed by atoms with van der Waals surface area (Å²) >= 11 is 0. The van der Waals surface area contributed by atoms with E-state index >= 15 is 0 Å². The Morgan fingerprint density at radius 1 is 1.56 bits per heavy atom. The van der Waals surface area contributed by atoms with Gasteiger partial charge in [0.25, 0.3) is 0 Å². The molecule has 92 valence electrons. The van der Waals surface area contributed by atoms with E-state index in [1.165, 1.54) is 0 Å². The van der Waals surface area contributed by atoms with E-state index in [-0.39, 0.29) is 12.5 Å². The van der Waals surface area contributed by atoms with E-state index in [1.807, 2.05) is 13.8 Å². The number of rotatable bonds is 2. The minimum absolute atomic E-state index is 0.0346. The predicted molar refractivity (Wildman–Crippen MR) is 51.5 cm³/mol. The Morgan fingerprint density at radius 2 is 2.19 bits per heavy atom. The quantitative estimate of drug-likeness (QED) is 0.746. The smallest absolute Gasteiger partial charge is 0.431 e. The van der Waals surface area contributed by atoms with Crippen molar-refractivity contribution < 1.29 is 22.7 Å². The molecule has 1 rings (SSSR count). The molecule has 0 aromatic heterocycles. The summed E-state index contributed by atoms with van der Waals surface area (Å²) in [6, 6.07) is -0.487. The van der Waals surface area contributed by atoms with Gasteiger partial charge in [-0.3, -0.25) is 0 Å². The van der Waals surface area contributed by atoms with Gasteiger partial charge in [0.1, 0.15) is 12.3 Å². The van der Waals surface area contributed by atoms with Gasteiger partial charge in [-0.1, -0.05) is 13.8 Å². The number of hydrogen-bond donors (Lipinski definition) is 1. The zero-order chi connectivity index (χ0) is 12.3. The fourth-order valence-corrected chi connectivity index (χ4v) is 1.51. The maximum Gasteiger partial charge on any atom is 0.431 e. The van der Waals surface area contributed by atoms with Crippen LogP contribution in [0.4, 0.5) is 13.2 Å². The van der Waals surface area contributed by atoms with Crippen LogP contribution in [-0.4, -0.2) is 24.8 Å². The number of halogens is 3. The van der Waals surface area contributed by atoms with Crippen LogP contribution < -0.4 is 5.32 Å². The third-order valence-corrected chi connectivity index (χ3v) is 2.11. The molecule has 0 aromatic carbocycles. The van der Waals surface area contributed by atoms with Gasteiger partial charge in [-0.2, -0.15) is 13.2 Å². The summed E-state index contributed by atoms with van der Waals surface area (Å²) in [4.78, 5) is 10.9. The Balaban J connectivity index is 2.78. The number of carbonyl (C=O) groups is 1. The van der Waals surface area contributed by atoms with Crippen LogP contribution in [0.1, 0.15) is 20.3 Å². The molecule has 16 heavy (non-hydrogen) atoms. The van der Waals surface area contributed by atoms with Crippen LogP contribution in [0.15, 0.2) is 11.8 Å². The normalized spacial score (nSPS) is 22.2. The molecule has 0 saturated carbocycles. The molecule has 0 saturated heterocycles. The van der Waals surface area contributed by atoms with E-state index < -0.39 is 23.9 Å².